The van der Waals surface area contributed by atoms with Crippen molar-refractivity contribution < 1.29 is 68.5 Å². The summed E-state index contributed by atoms with van der Waals surface area (Å²) < 4.78 is 0. The Morgan fingerprint density at radius 2 is 0.600 bits per heavy atom. The predicted octanol–water partition coefficient (Wildman–Crippen LogP) is -12.4. The fraction of sp³-hybridized carbons (Fsp3) is 0. The first kappa shape index (κ1) is 52.8. The molecule has 0 rings (SSSR count). The third kappa shape index (κ3) is 21.5. The molecule has 0 N–H and O–H groups in total. The van der Waals surface area contributed by atoms with Crippen LogP contribution in [0.1, 0.15) is 0 Å². The standard InChI is InChI=1S/Al.2FH.2Na/h;2*1H;;/q+3;;;2*+1/p-2. The number of halogens is 2. The second kappa shape index (κ2) is 32.5. The molecule has 0 nitrogen and oxygen atoms in total. The van der Waals surface area contributed by atoms with Gasteiger partial charge in [0.1, 0.15) is 0 Å². The average molecular weight is 111 g/mol. The molecule has 0 unspecified atom stereocenters. The Labute approximate surface area is 84.5 Å². The van der Waals surface area contributed by atoms with Crippen LogP contribution in [0.3, 0.4) is 0 Å². The minimum absolute atomic E-state index is 0. The summed E-state index contributed by atoms with van der Waals surface area (Å²) >= 11 is 0. The van der Waals surface area contributed by atoms with Crippen LogP contribution in [0.5, 0.6) is 0 Å². The molecule has 0 aliphatic carbocycles. The largest absolute Gasteiger partial charge is 3.00 e. The third-order valence-electron chi connectivity index (χ3n) is 0. The van der Waals surface area contributed by atoms with Gasteiger partial charge in [0.2, 0.25) is 0 Å². The quantitative estimate of drug-likeness (QED) is 0.272. The van der Waals surface area contributed by atoms with Crippen molar-refractivity contribution in [3.05, 3.63) is 0 Å². The van der Waals surface area contributed by atoms with E-state index in [1.165, 1.54) is 0 Å². The van der Waals surface area contributed by atoms with Crippen LogP contribution in [-0.4, -0.2) is 17.4 Å². The van der Waals surface area contributed by atoms with Crippen molar-refractivity contribution in [2.45, 2.75) is 0 Å². The van der Waals surface area contributed by atoms with Gasteiger partial charge in [-0.2, -0.15) is 0 Å². The third-order valence-corrected chi connectivity index (χ3v) is 0. The van der Waals surface area contributed by atoms with E-state index in [0.717, 1.165) is 0 Å². The summed E-state index contributed by atoms with van der Waals surface area (Å²) in [4.78, 5) is 0. The van der Waals surface area contributed by atoms with Crippen molar-refractivity contribution in [2.75, 3.05) is 0 Å². The van der Waals surface area contributed by atoms with Crippen LogP contribution in [0, 0.1) is 0 Å². The van der Waals surface area contributed by atoms with E-state index in [9.17, 15) is 0 Å². The van der Waals surface area contributed by atoms with Crippen LogP contribution < -0.4 is 68.5 Å². The van der Waals surface area contributed by atoms with Gasteiger partial charge >= 0.3 is 76.5 Å². The Balaban J connectivity index is 0. The number of hydrogen-bond donors (Lipinski definition) is 0. The molecule has 0 amide bonds. The number of rotatable bonds is 0. The predicted molar refractivity (Wildman–Crippen MR) is 5.75 cm³/mol. The van der Waals surface area contributed by atoms with Crippen LogP contribution in [-0.2, 0) is 0 Å². The molecule has 0 bridgehead atoms. The van der Waals surface area contributed by atoms with E-state index in [4.69, 9.17) is 0 Å². The van der Waals surface area contributed by atoms with Crippen LogP contribution in [0.2, 0.25) is 0 Å². The van der Waals surface area contributed by atoms with E-state index in [0.29, 0.717) is 0 Å². The molecule has 0 aliphatic heterocycles. The first-order valence-corrected chi connectivity index (χ1v) is 0. The van der Waals surface area contributed by atoms with E-state index < -0.39 is 0 Å². The topological polar surface area (TPSA) is 0 Å². The SMILES string of the molecule is [Al+3].[F-].[F-].[Na+].[Na+]. The first-order valence-electron chi connectivity index (χ1n) is 0. The van der Waals surface area contributed by atoms with Crippen molar-refractivity contribution in [3.8, 4) is 0 Å². The fourth-order valence-electron chi connectivity index (χ4n) is 0. The maximum atomic E-state index is 0. The van der Waals surface area contributed by atoms with Gasteiger partial charge in [0.25, 0.3) is 0 Å². The fourth-order valence-corrected chi connectivity index (χ4v) is 0. The molecule has 0 heterocycles. The van der Waals surface area contributed by atoms with Gasteiger partial charge < -0.3 is 9.41 Å². The van der Waals surface area contributed by atoms with Gasteiger partial charge in [0.05, 0.1) is 0 Å². The van der Waals surface area contributed by atoms with E-state index in [2.05, 4.69) is 0 Å². The minimum Gasteiger partial charge on any atom is -1.00 e. The molecule has 0 saturated heterocycles. The molecule has 0 aromatic rings. The molecule has 16 valence electrons. The molecule has 5 heteroatoms. The van der Waals surface area contributed by atoms with Gasteiger partial charge in [0.15, 0.2) is 0 Å². The molecule has 0 spiro atoms. The molecule has 0 atom stereocenters. The zero-order chi connectivity index (χ0) is 0. The summed E-state index contributed by atoms with van der Waals surface area (Å²) in [5, 5.41) is 0. The molecule has 0 saturated carbocycles. The second-order valence-electron chi connectivity index (χ2n) is 0. The van der Waals surface area contributed by atoms with Gasteiger partial charge in [0, 0.05) is 0 Å². The van der Waals surface area contributed by atoms with Crippen molar-refractivity contribution in [1.82, 2.24) is 0 Å². The maximum absolute atomic E-state index is 0. The summed E-state index contributed by atoms with van der Waals surface area (Å²) in [5.74, 6) is 0. The Morgan fingerprint density at radius 3 is 0.600 bits per heavy atom. The van der Waals surface area contributed by atoms with Gasteiger partial charge in [-0.15, -0.1) is 0 Å². The summed E-state index contributed by atoms with van der Waals surface area (Å²) in [6.07, 6.45) is 0. The van der Waals surface area contributed by atoms with Crippen molar-refractivity contribution in [2.24, 2.45) is 0 Å². The molecule has 0 fully saturated rings. The molecule has 0 radical (unpaired) electrons. The molecule has 0 aromatic carbocycles. The summed E-state index contributed by atoms with van der Waals surface area (Å²) in [6, 6.07) is 0. The zero-order valence-corrected chi connectivity index (χ0v) is 8.49. The van der Waals surface area contributed by atoms with Crippen LogP contribution >= 0.6 is 0 Å². The normalized spacial score (nSPS) is 0. The monoisotopic (exact) mass is 111 g/mol. The molecular weight excluding hydrogens is 111 g/mol. The van der Waals surface area contributed by atoms with Gasteiger partial charge in [-0.3, -0.25) is 0 Å². The van der Waals surface area contributed by atoms with Crippen LogP contribution in [0.15, 0.2) is 0 Å². The first-order chi connectivity index (χ1) is 0. The Bertz CT molecular complexity index is 7.61. The molecule has 5 heavy (non-hydrogen) atoms. The maximum Gasteiger partial charge on any atom is 3.00 e. The van der Waals surface area contributed by atoms with Gasteiger partial charge in [-0.25, -0.2) is 0 Å². The Morgan fingerprint density at radius 1 is 0.600 bits per heavy atom. The molecule has 0 aromatic heterocycles. The van der Waals surface area contributed by atoms with E-state index in [-0.39, 0.29) is 85.9 Å². The molecule has 0 aliphatic rings. The van der Waals surface area contributed by atoms with Gasteiger partial charge in [-0.05, 0) is 0 Å². The Kier molecular flexibility index (Phi) is 343. The Hall–Kier alpha value is 2.39. The van der Waals surface area contributed by atoms with E-state index >= 15 is 0 Å². The summed E-state index contributed by atoms with van der Waals surface area (Å²) in [6.45, 7) is 0. The zero-order valence-electron chi connectivity index (χ0n) is 3.33. The van der Waals surface area contributed by atoms with E-state index in [1.807, 2.05) is 0 Å². The summed E-state index contributed by atoms with van der Waals surface area (Å²) in [7, 11) is 0. The molecular formula is AlF2Na2+3. The summed E-state index contributed by atoms with van der Waals surface area (Å²) in [5.41, 5.74) is 0. The van der Waals surface area contributed by atoms with Crippen molar-refractivity contribution >= 4 is 17.4 Å². The van der Waals surface area contributed by atoms with Crippen LogP contribution in [0.25, 0.3) is 0 Å². The van der Waals surface area contributed by atoms with E-state index in [1.54, 1.807) is 0 Å². The second-order valence-corrected chi connectivity index (χ2v) is 0. The van der Waals surface area contributed by atoms with Gasteiger partial charge in [-0.1, -0.05) is 0 Å². The minimum atomic E-state index is 0. The smallest absolute Gasteiger partial charge is 1.00 e. The average Bonchev–Trinajstić information content (AvgIpc) is 0. The number of hydrogen-bond acceptors (Lipinski definition) is 0. The van der Waals surface area contributed by atoms with Crippen molar-refractivity contribution in [1.29, 1.82) is 0 Å². The van der Waals surface area contributed by atoms with Crippen molar-refractivity contribution in [3.63, 3.8) is 0 Å². The van der Waals surface area contributed by atoms with Crippen LogP contribution in [0.4, 0.5) is 0 Å².